The van der Waals surface area contributed by atoms with E-state index in [0.717, 1.165) is 5.69 Å². The fourth-order valence-corrected chi connectivity index (χ4v) is 2.37. The Kier molecular flexibility index (Phi) is 5.30. The van der Waals surface area contributed by atoms with Crippen molar-refractivity contribution in [2.75, 3.05) is 5.32 Å². The summed E-state index contributed by atoms with van der Waals surface area (Å²) in [6, 6.07) is 14.4. The van der Waals surface area contributed by atoms with Crippen molar-refractivity contribution in [2.24, 2.45) is 0 Å². The number of ether oxygens (including phenoxy) is 1. The van der Waals surface area contributed by atoms with Gasteiger partial charge in [-0.1, -0.05) is 29.8 Å². The zero-order valence-corrected chi connectivity index (χ0v) is 14.3. The normalized spacial score (nSPS) is 11.8. The lowest BCUT2D eigenvalue weighted by Gasteiger charge is -2.14. The summed E-state index contributed by atoms with van der Waals surface area (Å²) in [6.45, 7) is 2.19. The number of amides is 1. The van der Waals surface area contributed by atoms with E-state index < -0.39 is 6.10 Å². The van der Waals surface area contributed by atoms with Crippen LogP contribution in [0.15, 0.2) is 60.9 Å². The van der Waals surface area contributed by atoms with Gasteiger partial charge in [0.25, 0.3) is 5.91 Å². The molecule has 0 bridgehead atoms. The molecule has 3 rings (SSSR count). The Labute approximate surface area is 150 Å². The summed E-state index contributed by atoms with van der Waals surface area (Å²) in [6.07, 6.45) is 2.81. The summed E-state index contributed by atoms with van der Waals surface area (Å²) in [7, 11) is 0. The third kappa shape index (κ3) is 4.58. The van der Waals surface area contributed by atoms with E-state index in [1.807, 2.05) is 18.2 Å². The van der Waals surface area contributed by atoms with Crippen LogP contribution in [0, 0.1) is 0 Å². The number of pyridine rings is 1. The minimum Gasteiger partial charge on any atom is -0.479 e. The highest BCUT2D eigenvalue weighted by molar-refractivity contribution is 6.32. The molecule has 3 aromatic rings. The minimum atomic E-state index is -0.708. The number of rotatable bonds is 6. The number of para-hydroxylation sites is 1. The van der Waals surface area contributed by atoms with E-state index >= 15 is 0 Å². The Morgan fingerprint density at radius 1 is 1.24 bits per heavy atom. The fourth-order valence-electron chi connectivity index (χ4n) is 2.19. The van der Waals surface area contributed by atoms with Crippen molar-refractivity contribution in [1.29, 1.82) is 0 Å². The Balaban J connectivity index is 1.58. The Morgan fingerprint density at radius 3 is 2.80 bits per heavy atom. The van der Waals surface area contributed by atoms with E-state index in [4.69, 9.17) is 16.3 Å². The number of anilines is 1. The lowest BCUT2D eigenvalue weighted by atomic mass is 10.3. The van der Waals surface area contributed by atoms with E-state index in [0.29, 0.717) is 23.1 Å². The van der Waals surface area contributed by atoms with E-state index in [1.165, 1.54) is 0 Å². The summed E-state index contributed by atoms with van der Waals surface area (Å²) < 4.78 is 7.30. The van der Waals surface area contributed by atoms with Crippen molar-refractivity contribution >= 4 is 23.3 Å². The molecular formula is C18H17ClN4O2. The van der Waals surface area contributed by atoms with Gasteiger partial charge >= 0.3 is 0 Å². The first kappa shape index (κ1) is 17.0. The van der Waals surface area contributed by atoms with Crippen LogP contribution in [0.25, 0.3) is 0 Å². The smallest absolute Gasteiger partial charge is 0.266 e. The first-order chi connectivity index (χ1) is 12.1. The largest absolute Gasteiger partial charge is 0.479 e. The molecule has 0 aliphatic heterocycles. The molecule has 1 atom stereocenters. The number of hydrogen-bond acceptors (Lipinski definition) is 4. The highest BCUT2D eigenvalue weighted by Crippen LogP contribution is 2.24. The van der Waals surface area contributed by atoms with Gasteiger partial charge in [-0.3, -0.25) is 14.5 Å². The third-order valence-electron chi connectivity index (χ3n) is 3.45. The van der Waals surface area contributed by atoms with Crippen LogP contribution in [0.3, 0.4) is 0 Å². The quantitative estimate of drug-likeness (QED) is 0.735. The average Bonchev–Trinajstić information content (AvgIpc) is 3.04. The SMILES string of the molecule is CC(Oc1ccccc1Cl)C(=O)Nc1ccn(Cc2ccccn2)n1. The Bertz CT molecular complexity index is 851. The number of hydrogen-bond donors (Lipinski definition) is 1. The molecule has 1 unspecified atom stereocenters. The molecule has 0 aliphatic rings. The van der Waals surface area contributed by atoms with Gasteiger partial charge in [0.15, 0.2) is 11.9 Å². The maximum Gasteiger partial charge on any atom is 0.266 e. The van der Waals surface area contributed by atoms with Crippen molar-refractivity contribution in [3.8, 4) is 5.75 Å². The third-order valence-corrected chi connectivity index (χ3v) is 3.76. The molecule has 0 saturated carbocycles. The predicted octanol–water partition coefficient (Wildman–Crippen LogP) is 3.39. The van der Waals surface area contributed by atoms with E-state index in [9.17, 15) is 4.79 Å². The van der Waals surface area contributed by atoms with Crippen LogP contribution in [0.2, 0.25) is 5.02 Å². The van der Waals surface area contributed by atoms with Gasteiger partial charge in [-0.15, -0.1) is 0 Å². The molecule has 0 saturated heterocycles. The molecule has 7 heteroatoms. The van der Waals surface area contributed by atoms with Crippen molar-refractivity contribution in [3.05, 3.63) is 71.6 Å². The van der Waals surface area contributed by atoms with Crippen LogP contribution in [-0.2, 0) is 11.3 Å². The highest BCUT2D eigenvalue weighted by Gasteiger charge is 2.17. The van der Waals surface area contributed by atoms with Crippen LogP contribution in [0.4, 0.5) is 5.82 Å². The van der Waals surface area contributed by atoms with Gasteiger partial charge < -0.3 is 10.1 Å². The molecule has 128 valence electrons. The van der Waals surface area contributed by atoms with Crippen LogP contribution in [0.1, 0.15) is 12.6 Å². The summed E-state index contributed by atoms with van der Waals surface area (Å²) >= 11 is 6.04. The summed E-state index contributed by atoms with van der Waals surface area (Å²) in [4.78, 5) is 16.5. The van der Waals surface area contributed by atoms with E-state index in [2.05, 4.69) is 15.4 Å². The first-order valence-corrected chi connectivity index (χ1v) is 8.15. The van der Waals surface area contributed by atoms with Gasteiger partial charge in [0, 0.05) is 18.5 Å². The molecule has 6 nitrogen and oxygen atoms in total. The molecule has 1 aromatic carbocycles. The fraction of sp³-hybridized carbons (Fsp3) is 0.167. The lowest BCUT2D eigenvalue weighted by Crippen LogP contribution is -2.30. The standard InChI is InChI=1S/C18H17ClN4O2/c1-13(25-16-8-3-2-7-15(16)19)18(24)21-17-9-11-23(22-17)12-14-6-4-5-10-20-14/h2-11,13H,12H2,1H3,(H,21,22,24). The number of carbonyl (C=O) groups excluding carboxylic acids is 1. The van der Waals surface area contributed by atoms with Gasteiger partial charge in [0.2, 0.25) is 0 Å². The maximum absolute atomic E-state index is 12.3. The number of nitrogens with zero attached hydrogens (tertiary/aromatic N) is 3. The second kappa shape index (κ2) is 7.81. The highest BCUT2D eigenvalue weighted by atomic mass is 35.5. The second-order valence-electron chi connectivity index (χ2n) is 5.40. The predicted molar refractivity (Wildman–Crippen MR) is 95.7 cm³/mol. The van der Waals surface area contributed by atoms with Crippen LogP contribution in [0.5, 0.6) is 5.75 Å². The summed E-state index contributed by atoms with van der Waals surface area (Å²) in [5.74, 6) is 0.617. The molecule has 1 amide bonds. The molecule has 0 radical (unpaired) electrons. The molecule has 2 aromatic heterocycles. The molecule has 25 heavy (non-hydrogen) atoms. The van der Waals surface area contributed by atoms with Gasteiger partial charge in [-0.2, -0.15) is 5.10 Å². The first-order valence-electron chi connectivity index (χ1n) is 7.77. The monoisotopic (exact) mass is 356 g/mol. The van der Waals surface area contributed by atoms with Crippen molar-refractivity contribution < 1.29 is 9.53 Å². The number of aromatic nitrogens is 3. The zero-order valence-electron chi connectivity index (χ0n) is 13.6. The molecule has 0 fully saturated rings. The van der Waals surface area contributed by atoms with Crippen molar-refractivity contribution in [3.63, 3.8) is 0 Å². The van der Waals surface area contributed by atoms with Gasteiger partial charge in [-0.25, -0.2) is 0 Å². The van der Waals surface area contributed by atoms with E-state index in [-0.39, 0.29) is 5.91 Å². The van der Waals surface area contributed by atoms with Crippen LogP contribution >= 0.6 is 11.6 Å². The molecule has 0 aliphatic carbocycles. The minimum absolute atomic E-state index is 0.303. The van der Waals surface area contributed by atoms with Crippen LogP contribution in [-0.4, -0.2) is 26.8 Å². The zero-order chi connectivity index (χ0) is 17.6. The number of halogens is 1. The van der Waals surface area contributed by atoms with E-state index in [1.54, 1.807) is 54.3 Å². The van der Waals surface area contributed by atoms with Gasteiger partial charge in [0.05, 0.1) is 17.3 Å². The van der Waals surface area contributed by atoms with Crippen molar-refractivity contribution in [1.82, 2.24) is 14.8 Å². The molecule has 1 N–H and O–H groups in total. The van der Waals surface area contributed by atoms with Crippen LogP contribution < -0.4 is 10.1 Å². The maximum atomic E-state index is 12.3. The topological polar surface area (TPSA) is 69.0 Å². The number of nitrogens with one attached hydrogen (secondary N) is 1. The Morgan fingerprint density at radius 2 is 2.04 bits per heavy atom. The van der Waals surface area contributed by atoms with Crippen molar-refractivity contribution in [2.45, 2.75) is 19.6 Å². The number of benzene rings is 1. The molecule has 2 heterocycles. The van der Waals surface area contributed by atoms with Gasteiger partial charge in [0.1, 0.15) is 5.75 Å². The Hall–Kier alpha value is -2.86. The average molecular weight is 357 g/mol. The summed E-state index contributed by atoms with van der Waals surface area (Å²) in [5.41, 5.74) is 0.888. The number of carbonyl (C=O) groups is 1. The summed E-state index contributed by atoms with van der Waals surface area (Å²) in [5, 5.41) is 7.50. The molecular weight excluding hydrogens is 340 g/mol. The lowest BCUT2D eigenvalue weighted by molar-refractivity contribution is -0.122. The second-order valence-corrected chi connectivity index (χ2v) is 5.81. The van der Waals surface area contributed by atoms with Gasteiger partial charge in [-0.05, 0) is 31.2 Å². The molecule has 0 spiro atoms.